The lowest BCUT2D eigenvalue weighted by molar-refractivity contribution is 1.44. The molecular weight excluding hydrogens is 532 g/mol. The fourth-order valence-corrected chi connectivity index (χ4v) is 5.37. The number of aryl methyl sites for hydroxylation is 1. The largest absolute Gasteiger partial charge is 0.256 e. The normalized spacial score (nSPS) is 13.2. The molecule has 1 aliphatic rings. The maximum absolute atomic E-state index is 5.01. The summed E-state index contributed by atoms with van der Waals surface area (Å²) in [6, 6.07) is 38.5. The van der Waals surface area contributed by atoms with Gasteiger partial charge in [0.15, 0.2) is 0 Å². The van der Waals surface area contributed by atoms with Crippen LogP contribution in [0.5, 0.6) is 0 Å². The van der Waals surface area contributed by atoms with Gasteiger partial charge in [-0.2, -0.15) is 0 Å². The molecule has 0 atom stereocenters. The summed E-state index contributed by atoms with van der Waals surface area (Å²) in [6.07, 6.45) is 16.0. The van der Waals surface area contributed by atoms with Crippen LogP contribution in [-0.2, 0) is 0 Å². The van der Waals surface area contributed by atoms with Crippen molar-refractivity contribution in [3.63, 3.8) is 0 Å². The van der Waals surface area contributed by atoms with E-state index in [1.54, 1.807) is 0 Å². The van der Waals surface area contributed by atoms with E-state index in [-0.39, 0.29) is 0 Å². The molecule has 0 aromatic heterocycles. The van der Waals surface area contributed by atoms with Crippen molar-refractivity contribution in [1.29, 1.82) is 0 Å². The standard InChI is InChI=1S/C42H34N2/c1-4-32(41-25-27-43-41)20-19-31(3)39-23-22-38-29-37(36-17-10-16-35(28-36)34-14-6-5-7-15-34)21-24-40(38)42(39)44-26-11-18-33-13-9-8-12-30(33)2/h4-29H,3H2,1-2H3/b18-11-,20-19-,32-4+,44-26?. The van der Waals surface area contributed by atoms with Crippen molar-refractivity contribution in [3.05, 3.63) is 175 Å². The molecule has 0 aliphatic carbocycles. The highest BCUT2D eigenvalue weighted by molar-refractivity contribution is 6.14. The Morgan fingerprint density at radius 3 is 2.23 bits per heavy atom. The summed E-state index contributed by atoms with van der Waals surface area (Å²) in [7, 11) is 0. The summed E-state index contributed by atoms with van der Waals surface area (Å²) in [4.78, 5) is 9.35. The van der Waals surface area contributed by atoms with Crippen molar-refractivity contribution in [2.24, 2.45) is 9.98 Å². The predicted octanol–water partition coefficient (Wildman–Crippen LogP) is 11.4. The van der Waals surface area contributed by atoms with Gasteiger partial charge in [-0.1, -0.05) is 128 Å². The Bertz CT molecular complexity index is 2030. The fourth-order valence-electron chi connectivity index (χ4n) is 5.37. The topological polar surface area (TPSA) is 24.7 Å². The van der Waals surface area contributed by atoms with Gasteiger partial charge in [-0.3, -0.25) is 9.98 Å². The fraction of sp³-hybridized carbons (Fsp3) is 0.0476. The molecule has 212 valence electrons. The summed E-state index contributed by atoms with van der Waals surface area (Å²) in [5.74, 6) is 0. The van der Waals surface area contributed by atoms with Crippen molar-refractivity contribution in [1.82, 2.24) is 0 Å². The molecule has 0 spiro atoms. The molecule has 0 saturated carbocycles. The zero-order valence-electron chi connectivity index (χ0n) is 25.1. The SMILES string of the molecule is C=C(/C=C\C(=C/C)C1=NC=C1)c1ccc2cc(-c3cccc(-c4ccccc4)c3)ccc2c1N=C/C=C\c1ccccc1C. The van der Waals surface area contributed by atoms with E-state index in [2.05, 4.69) is 146 Å². The quantitative estimate of drug-likeness (QED) is 0.125. The van der Waals surface area contributed by atoms with Crippen molar-refractivity contribution >= 4 is 40.0 Å². The maximum atomic E-state index is 5.01. The average molecular weight is 567 g/mol. The third-order valence-electron chi connectivity index (χ3n) is 7.91. The Hall–Kier alpha value is -5.60. The van der Waals surface area contributed by atoms with E-state index in [0.717, 1.165) is 38.9 Å². The third-order valence-corrected chi connectivity index (χ3v) is 7.91. The molecule has 0 saturated heterocycles. The zero-order valence-corrected chi connectivity index (χ0v) is 25.1. The molecule has 0 fully saturated rings. The minimum Gasteiger partial charge on any atom is -0.256 e. The molecular formula is C42H34N2. The van der Waals surface area contributed by atoms with Gasteiger partial charge in [0, 0.05) is 23.4 Å². The molecule has 0 amide bonds. The van der Waals surface area contributed by atoms with Crippen LogP contribution in [-0.4, -0.2) is 11.9 Å². The van der Waals surface area contributed by atoms with Gasteiger partial charge >= 0.3 is 0 Å². The van der Waals surface area contributed by atoms with Crippen LogP contribution in [0, 0.1) is 6.92 Å². The van der Waals surface area contributed by atoms with Crippen LogP contribution >= 0.6 is 0 Å². The molecule has 0 unspecified atom stereocenters. The van der Waals surface area contributed by atoms with Gasteiger partial charge in [0.25, 0.3) is 0 Å². The number of hydrogen-bond donors (Lipinski definition) is 0. The Labute approximate surface area is 260 Å². The molecule has 1 aliphatic heterocycles. The van der Waals surface area contributed by atoms with Crippen LogP contribution in [0.15, 0.2) is 168 Å². The Morgan fingerprint density at radius 1 is 0.750 bits per heavy atom. The second-order valence-corrected chi connectivity index (χ2v) is 10.8. The first-order valence-electron chi connectivity index (χ1n) is 14.9. The lowest BCUT2D eigenvalue weighted by atomic mass is 9.94. The minimum atomic E-state index is 0.893. The minimum absolute atomic E-state index is 0.893. The van der Waals surface area contributed by atoms with Gasteiger partial charge in [-0.25, -0.2) is 0 Å². The van der Waals surface area contributed by atoms with Crippen LogP contribution in [0.2, 0.25) is 0 Å². The lowest BCUT2D eigenvalue weighted by Gasteiger charge is -2.12. The molecule has 0 bridgehead atoms. The molecule has 2 heteroatoms. The number of allylic oxidation sites excluding steroid dienone is 7. The molecule has 0 radical (unpaired) electrons. The Morgan fingerprint density at radius 2 is 1.48 bits per heavy atom. The first kappa shape index (κ1) is 28.5. The van der Waals surface area contributed by atoms with E-state index in [1.807, 2.05) is 37.6 Å². The zero-order chi connectivity index (χ0) is 30.3. The van der Waals surface area contributed by atoms with Gasteiger partial charge in [0.05, 0.1) is 11.4 Å². The van der Waals surface area contributed by atoms with E-state index in [4.69, 9.17) is 4.99 Å². The Balaban J connectivity index is 1.38. The lowest BCUT2D eigenvalue weighted by Crippen LogP contribution is -2.01. The molecule has 44 heavy (non-hydrogen) atoms. The smallest absolute Gasteiger partial charge is 0.0786 e. The number of aliphatic imine (C=N–C) groups is 2. The maximum Gasteiger partial charge on any atom is 0.0786 e. The van der Waals surface area contributed by atoms with Crippen LogP contribution in [0.25, 0.3) is 44.7 Å². The molecule has 5 aromatic rings. The molecule has 2 nitrogen and oxygen atoms in total. The number of nitrogens with zero attached hydrogens (tertiary/aromatic N) is 2. The second kappa shape index (κ2) is 13.1. The second-order valence-electron chi connectivity index (χ2n) is 10.8. The summed E-state index contributed by atoms with van der Waals surface area (Å²) in [5.41, 5.74) is 12.0. The highest BCUT2D eigenvalue weighted by atomic mass is 14.8. The number of benzene rings is 5. The molecule has 5 aromatic carbocycles. The van der Waals surface area contributed by atoms with E-state index < -0.39 is 0 Å². The summed E-state index contributed by atoms with van der Waals surface area (Å²) < 4.78 is 0. The monoisotopic (exact) mass is 566 g/mol. The van der Waals surface area contributed by atoms with E-state index in [0.29, 0.717) is 0 Å². The summed E-state index contributed by atoms with van der Waals surface area (Å²) in [6.45, 7) is 8.57. The van der Waals surface area contributed by atoms with Gasteiger partial charge < -0.3 is 0 Å². The molecule has 6 rings (SSSR count). The predicted molar refractivity (Wildman–Crippen MR) is 192 cm³/mol. The average Bonchev–Trinajstić information content (AvgIpc) is 3.04. The van der Waals surface area contributed by atoms with Crippen LogP contribution < -0.4 is 0 Å². The number of fused-ring (bicyclic) bond motifs is 1. The highest BCUT2D eigenvalue weighted by Gasteiger charge is 2.11. The molecule has 0 N–H and O–H groups in total. The van der Waals surface area contributed by atoms with E-state index in [9.17, 15) is 0 Å². The van der Waals surface area contributed by atoms with Crippen LogP contribution in [0.4, 0.5) is 5.69 Å². The third kappa shape index (κ3) is 6.25. The Kier molecular flexibility index (Phi) is 8.52. The van der Waals surface area contributed by atoms with Gasteiger partial charge in [-0.15, -0.1) is 0 Å². The van der Waals surface area contributed by atoms with E-state index >= 15 is 0 Å². The van der Waals surface area contributed by atoms with Gasteiger partial charge in [0.1, 0.15) is 0 Å². The van der Waals surface area contributed by atoms with Gasteiger partial charge in [-0.05, 0) is 88.0 Å². The number of hydrogen-bond acceptors (Lipinski definition) is 2. The summed E-state index contributed by atoms with van der Waals surface area (Å²) >= 11 is 0. The van der Waals surface area contributed by atoms with Crippen molar-refractivity contribution in [2.75, 3.05) is 0 Å². The van der Waals surface area contributed by atoms with Gasteiger partial charge in [0.2, 0.25) is 0 Å². The highest BCUT2D eigenvalue weighted by Crippen LogP contribution is 2.37. The molecule has 1 heterocycles. The first-order chi connectivity index (χ1) is 21.6. The van der Waals surface area contributed by atoms with Crippen molar-refractivity contribution in [2.45, 2.75) is 13.8 Å². The van der Waals surface area contributed by atoms with Crippen LogP contribution in [0.1, 0.15) is 23.6 Å². The number of rotatable bonds is 9. The first-order valence-corrected chi connectivity index (χ1v) is 14.9. The van der Waals surface area contributed by atoms with Crippen LogP contribution in [0.3, 0.4) is 0 Å². The van der Waals surface area contributed by atoms with Crippen molar-refractivity contribution < 1.29 is 0 Å². The van der Waals surface area contributed by atoms with E-state index in [1.165, 1.54) is 33.4 Å². The summed E-state index contributed by atoms with van der Waals surface area (Å²) in [5, 5.41) is 2.21. The van der Waals surface area contributed by atoms with Crippen molar-refractivity contribution in [3.8, 4) is 22.3 Å².